The van der Waals surface area contributed by atoms with E-state index in [1.165, 1.54) is 0 Å². The number of amides is 1. The Kier molecular flexibility index (Phi) is 5.48. The average molecular weight is 310 g/mol. The van der Waals surface area contributed by atoms with E-state index in [-0.39, 0.29) is 23.7 Å². The Morgan fingerprint density at radius 1 is 0.909 bits per heavy atom. The third kappa shape index (κ3) is 4.70. The van der Waals surface area contributed by atoms with E-state index in [9.17, 15) is 9.59 Å². The molecule has 0 aromatic rings. The van der Waals surface area contributed by atoms with E-state index in [0.29, 0.717) is 13.1 Å². The normalized spacial score (nSPS) is 22.6. The summed E-state index contributed by atoms with van der Waals surface area (Å²) in [7, 11) is 2.10. The van der Waals surface area contributed by atoms with Gasteiger partial charge in [0.2, 0.25) is 5.91 Å². The van der Waals surface area contributed by atoms with Crippen molar-refractivity contribution in [2.45, 2.75) is 52.1 Å². The molecule has 0 aromatic carbocycles. The highest BCUT2D eigenvalue weighted by Gasteiger charge is 2.33. The van der Waals surface area contributed by atoms with Crippen LogP contribution in [0.3, 0.4) is 0 Å². The van der Waals surface area contributed by atoms with E-state index < -0.39 is 5.60 Å². The van der Waals surface area contributed by atoms with Crippen molar-refractivity contribution < 1.29 is 14.3 Å². The van der Waals surface area contributed by atoms with Gasteiger partial charge in [0.15, 0.2) is 0 Å². The van der Waals surface area contributed by atoms with Gasteiger partial charge in [0.1, 0.15) is 5.60 Å². The highest BCUT2D eigenvalue weighted by molar-refractivity contribution is 5.79. The van der Waals surface area contributed by atoms with Gasteiger partial charge in [-0.1, -0.05) is 0 Å². The van der Waals surface area contributed by atoms with Crippen LogP contribution in [0.5, 0.6) is 0 Å². The molecule has 2 saturated heterocycles. The zero-order valence-corrected chi connectivity index (χ0v) is 14.4. The molecule has 0 unspecified atom stereocenters. The van der Waals surface area contributed by atoms with Crippen LogP contribution in [-0.4, -0.2) is 60.5 Å². The number of carbonyl (C=O) groups excluding carboxylic acids is 2. The molecule has 0 aromatic heterocycles. The second kappa shape index (κ2) is 6.99. The summed E-state index contributed by atoms with van der Waals surface area (Å²) < 4.78 is 5.45. The van der Waals surface area contributed by atoms with E-state index in [4.69, 9.17) is 4.74 Å². The molecule has 0 saturated carbocycles. The largest absolute Gasteiger partial charge is 0.460 e. The van der Waals surface area contributed by atoms with Gasteiger partial charge in [-0.05, 0) is 66.6 Å². The van der Waals surface area contributed by atoms with Crippen LogP contribution in [0, 0.1) is 11.8 Å². The van der Waals surface area contributed by atoms with E-state index >= 15 is 0 Å². The summed E-state index contributed by atoms with van der Waals surface area (Å²) >= 11 is 0. The fourth-order valence-corrected chi connectivity index (χ4v) is 3.23. The third-order valence-electron chi connectivity index (χ3n) is 4.61. The van der Waals surface area contributed by atoms with Crippen molar-refractivity contribution in [1.82, 2.24) is 9.80 Å². The second-order valence-electron chi connectivity index (χ2n) is 7.71. The fourth-order valence-electron chi connectivity index (χ4n) is 3.23. The molecule has 2 aliphatic rings. The molecule has 0 spiro atoms. The number of esters is 1. The number of ether oxygens (including phenoxy) is 1. The molecule has 5 heteroatoms. The van der Waals surface area contributed by atoms with Crippen molar-refractivity contribution in [1.29, 1.82) is 0 Å². The first-order valence-electron chi connectivity index (χ1n) is 8.46. The first-order valence-corrected chi connectivity index (χ1v) is 8.46. The first-order chi connectivity index (χ1) is 10.3. The Hall–Kier alpha value is -1.10. The van der Waals surface area contributed by atoms with Crippen molar-refractivity contribution in [3.63, 3.8) is 0 Å². The highest BCUT2D eigenvalue weighted by Crippen LogP contribution is 2.25. The molecular weight excluding hydrogens is 280 g/mol. The number of carbonyl (C=O) groups is 2. The SMILES string of the molecule is CN1CCC(C(=O)N2CCC(C(=O)OC(C)(C)C)CC2)CC1. The van der Waals surface area contributed by atoms with Gasteiger partial charge in [-0.15, -0.1) is 0 Å². The van der Waals surface area contributed by atoms with Crippen LogP contribution >= 0.6 is 0 Å². The molecule has 1 amide bonds. The zero-order chi connectivity index (χ0) is 16.3. The van der Waals surface area contributed by atoms with Crippen LogP contribution < -0.4 is 0 Å². The lowest BCUT2D eigenvalue weighted by Crippen LogP contribution is -2.46. The molecular formula is C17H30N2O3. The summed E-state index contributed by atoms with van der Waals surface area (Å²) in [5, 5.41) is 0. The van der Waals surface area contributed by atoms with Crippen LogP contribution in [0.15, 0.2) is 0 Å². The van der Waals surface area contributed by atoms with Crippen molar-refractivity contribution in [2.24, 2.45) is 11.8 Å². The molecule has 2 rings (SSSR count). The topological polar surface area (TPSA) is 49.9 Å². The predicted molar refractivity (Wildman–Crippen MR) is 85.4 cm³/mol. The molecule has 2 fully saturated rings. The van der Waals surface area contributed by atoms with Crippen molar-refractivity contribution in [3.05, 3.63) is 0 Å². The second-order valence-corrected chi connectivity index (χ2v) is 7.71. The van der Waals surface area contributed by atoms with Crippen LogP contribution in [-0.2, 0) is 14.3 Å². The summed E-state index contributed by atoms with van der Waals surface area (Å²) in [5.41, 5.74) is -0.432. The monoisotopic (exact) mass is 310 g/mol. The molecule has 126 valence electrons. The lowest BCUT2D eigenvalue weighted by atomic mass is 9.92. The maximum atomic E-state index is 12.6. The van der Waals surface area contributed by atoms with E-state index in [2.05, 4.69) is 11.9 Å². The molecule has 0 bridgehead atoms. The van der Waals surface area contributed by atoms with Crippen molar-refractivity contribution in [3.8, 4) is 0 Å². The minimum atomic E-state index is -0.432. The van der Waals surface area contributed by atoms with Gasteiger partial charge in [-0.25, -0.2) is 0 Å². The van der Waals surface area contributed by atoms with Gasteiger partial charge in [0, 0.05) is 19.0 Å². The Labute approximate surface area is 134 Å². The Balaban J connectivity index is 1.79. The quantitative estimate of drug-likeness (QED) is 0.731. The smallest absolute Gasteiger partial charge is 0.309 e. The standard InChI is InChI=1S/C17H30N2O3/c1-17(2,3)22-16(21)14-7-11-19(12-8-14)15(20)13-5-9-18(4)10-6-13/h13-14H,5-12H2,1-4H3. The highest BCUT2D eigenvalue weighted by atomic mass is 16.6. The van der Waals surface area contributed by atoms with Crippen molar-refractivity contribution >= 4 is 11.9 Å². The number of likely N-dealkylation sites (tertiary alicyclic amines) is 2. The maximum Gasteiger partial charge on any atom is 0.309 e. The number of rotatable bonds is 2. The molecule has 0 N–H and O–H groups in total. The Morgan fingerprint density at radius 2 is 1.41 bits per heavy atom. The molecule has 22 heavy (non-hydrogen) atoms. The third-order valence-corrected chi connectivity index (χ3v) is 4.61. The summed E-state index contributed by atoms with van der Waals surface area (Å²) in [6.45, 7) is 9.07. The summed E-state index contributed by atoms with van der Waals surface area (Å²) in [4.78, 5) is 28.9. The maximum absolute atomic E-state index is 12.6. The summed E-state index contributed by atoms with van der Waals surface area (Å²) in [5.74, 6) is 0.296. The van der Waals surface area contributed by atoms with E-state index in [1.54, 1.807) is 0 Å². The van der Waals surface area contributed by atoms with Crippen molar-refractivity contribution in [2.75, 3.05) is 33.2 Å². The number of hydrogen-bond acceptors (Lipinski definition) is 4. The zero-order valence-electron chi connectivity index (χ0n) is 14.4. The first kappa shape index (κ1) is 17.3. The van der Waals surface area contributed by atoms with Gasteiger partial charge in [0.05, 0.1) is 5.92 Å². The molecule has 0 radical (unpaired) electrons. The number of nitrogens with zero attached hydrogens (tertiary/aromatic N) is 2. The minimum absolute atomic E-state index is 0.0548. The Morgan fingerprint density at radius 3 is 1.91 bits per heavy atom. The molecule has 2 aliphatic heterocycles. The van der Waals surface area contributed by atoms with Crippen LogP contribution in [0.2, 0.25) is 0 Å². The number of piperidine rings is 2. The van der Waals surface area contributed by atoms with Gasteiger partial charge in [-0.3, -0.25) is 9.59 Å². The predicted octanol–water partition coefficient (Wildman–Crippen LogP) is 1.91. The van der Waals surface area contributed by atoms with Gasteiger partial charge in [-0.2, -0.15) is 0 Å². The average Bonchev–Trinajstić information content (AvgIpc) is 2.46. The fraction of sp³-hybridized carbons (Fsp3) is 0.882. The van der Waals surface area contributed by atoms with Gasteiger partial charge >= 0.3 is 5.97 Å². The minimum Gasteiger partial charge on any atom is -0.460 e. The summed E-state index contributed by atoms with van der Waals surface area (Å²) in [6.07, 6.45) is 3.38. The summed E-state index contributed by atoms with van der Waals surface area (Å²) in [6, 6.07) is 0. The molecule has 5 nitrogen and oxygen atoms in total. The van der Waals surface area contributed by atoms with Gasteiger partial charge in [0.25, 0.3) is 0 Å². The Bertz CT molecular complexity index is 401. The van der Waals surface area contributed by atoms with Gasteiger partial charge < -0.3 is 14.5 Å². The molecule has 0 atom stereocenters. The molecule has 0 aliphatic carbocycles. The number of hydrogen-bond donors (Lipinski definition) is 0. The van der Waals surface area contributed by atoms with E-state index in [1.807, 2.05) is 25.7 Å². The van der Waals surface area contributed by atoms with Crippen LogP contribution in [0.1, 0.15) is 46.5 Å². The van der Waals surface area contributed by atoms with Crippen LogP contribution in [0.25, 0.3) is 0 Å². The lowest BCUT2D eigenvalue weighted by molar-refractivity contribution is -0.162. The lowest BCUT2D eigenvalue weighted by Gasteiger charge is -2.36. The molecule has 2 heterocycles. The van der Waals surface area contributed by atoms with Crippen LogP contribution in [0.4, 0.5) is 0 Å². The van der Waals surface area contributed by atoms with E-state index in [0.717, 1.165) is 38.8 Å².